The van der Waals surface area contributed by atoms with Crippen molar-refractivity contribution in [1.82, 2.24) is 0 Å². The molecule has 8 heteroatoms. The average molecular weight is 392 g/mol. The molecule has 0 radical (unpaired) electrons. The summed E-state index contributed by atoms with van der Waals surface area (Å²) in [5.74, 6) is -5.53. The zero-order valence-electron chi connectivity index (χ0n) is 15.6. The van der Waals surface area contributed by atoms with E-state index in [9.17, 15) is 26.7 Å². The van der Waals surface area contributed by atoms with Gasteiger partial charge in [-0.3, -0.25) is 8.78 Å². The fraction of sp³-hybridized carbons (Fsp3) is 0.316. The third-order valence-corrected chi connectivity index (χ3v) is 2.98. The number of aryl methyl sites for hydroxylation is 1. The highest BCUT2D eigenvalue weighted by atomic mass is 19.2. The van der Waals surface area contributed by atoms with E-state index < -0.39 is 29.2 Å². The molecule has 0 spiro atoms. The molecule has 150 valence electrons. The van der Waals surface area contributed by atoms with Crippen molar-refractivity contribution in [2.45, 2.75) is 26.9 Å². The topological polar surface area (TPSA) is 35.5 Å². The van der Waals surface area contributed by atoms with E-state index in [0.29, 0.717) is 31.7 Å². The summed E-state index contributed by atoms with van der Waals surface area (Å²) in [6.07, 6.45) is -0.0252. The first-order valence-electron chi connectivity index (χ1n) is 7.68. The Balaban J connectivity index is 0.00000158. The van der Waals surface area contributed by atoms with E-state index in [1.165, 1.54) is 12.1 Å². The Morgan fingerprint density at radius 1 is 0.889 bits per heavy atom. The van der Waals surface area contributed by atoms with E-state index >= 15 is 0 Å². The van der Waals surface area contributed by atoms with Crippen LogP contribution in [-0.4, -0.2) is 26.4 Å². The van der Waals surface area contributed by atoms with Crippen molar-refractivity contribution >= 4 is 5.97 Å². The molecule has 0 saturated heterocycles. The van der Waals surface area contributed by atoms with E-state index in [2.05, 4.69) is 0 Å². The molecule has 0 aliphatic heterocycles. The second-order valence-electron chi connectivity index (χ2n) is 5.21. The number of alkyl halides is 2. The molecule has 0 N–H and O–H groups in total. The minimum absolute atomic E-state index is 0.0252. The lowest BCUT2D eigenvalue weighted by atomic mass is 10.1. The number of hydrogen-bond donors (Lipinski definition) is 0. The van der Waals surface area contributed by atoms with Gasteiger partial charge in [0.15, 0.2) is 17.4 Å². The van der Waals surface area contributed by atoms with Gasteiger partial charge in [0.25, 0.3) is 0 Å². The van der Waals surface area contributed by atoms with Crippen molar-refractivity contribution < 1.29 is 36.2 Å². The smallest absolute Gasteiger partial charge is 0.343 e. The van der Waals surface area contributed by atoms with E-state index in [-0.39, 0.29) is 11.7 Å². The van der Waals surface area contributed by atoms with Crippen molar-refractivity contribution in [3.63, 3.8) is 0 Å². The maximum atomic E-state index is 13.5. The third kappa shape index (κ3) is 6.88. The number of halogens is 5. The van der Waals surface area contributed by atoms with Crippen molar-refractivity contribution in [2.75, 3.05) is 14.4 Å². The molecule has 0 aliphatic rings. The van der Waals surface area contributed by atoms with Gasteiger partial charge < -0.3 is 9.47 Å². The number of hydrogen-bond acceptors (Lipinski definition) is 3. The van der Waals surface area contributed by atoms with Crippen molar-refractivity contribution in [3.05, 3.63) is 58.9 Å². The first-order valence-corrected chi connectivity index (χ1v) is 7.68. The molecule has 0 fully saturated rings. The van der Waals surface area contributed by atoms with Gasteiger partial charge in [-0.25, -0.2) is 13.6 Å². The molecule has 0 aliphatic carbocycles. The Bertz CT molecular complexity index is 748. The van der Waals surface area contributed by atoms with Gasteiger partial charge in [0.05, 0.1) is 26.0 Å². The fourth-order valence-corrected chi connectivity index (χ4v) is 1.91. The molecule has 2 aromatic carbocycles. The lowest BCUT2D eigenvalue weighted by Gasteiger charge is -2.13. The van der Waals surface area contributed by atoms with Crippen LogP contribution in [0, 0.1) is 24.4 Å². The quantitative estimate of drug-likeness (QED) is 0.295. The highest BCUT2D eigenvalue weighted by Crippen LogP contribution is 2.24. The van der Waals surface area contributed by atoms with Crippen LogP contribution < -0.4 is 9.47 Å². The highest BCUT2D eigenvalue weighted by Gasteiger charge is 2.18. The molecule has 0 amide bonds. The molecular weight excluding hydrogens is 371 g/mol. The van der Waals surface area contributed by atoms with Crippen LogP contribution in [0.1, 0.15) is 29.8 Å². The van der Waals surface area contributed by atoms with Gasteiger partial charge in [-0.2, -0.15) is 4.39 Å². The van der Waals surface area contributed by atoms with Crippen LogP contribution in [0.4, 0.5) is 22.0 Å². The SMILES string of the molecule is CF.CF.Cc1cc(C(=O)Oc2ccc(F)c(F)c2F)ccc1OC(C)C. The Morgan fingerprint density at radius 2 is 1.44 bits per heavy atom. The molecule has 3 nitrogen and oxygen atoms in total. The molecule has 0 unspecified atom stereocenters. The van der Waals surface area contributed by atoms with E-state index in [1.54, 1.807) is 13.0 Å². The van der Waals surface area contributed by atoms with Crippen molar-refractivity contribution in [2.24, 2.45) is 0 Å². The molecule has 0 heterocycles. The Kier molecular flexibility index (Phi) is 10.7. The van der Waals surface area contributed by atoms with E-state index in [1.807, 2.05) is 13.8 Å². The number of carbonyl (C=O) groups is 1. The van der Waals surface area contributed by atoms with E-state index in [0.717, 1.165) is 6.07 Å². The second-order valence-corrected chi connectivity index (χ2v) is 5.21. The zero-order chi connectivity index (χ0) is 21.1. The van der Waals surface area contributed by atoms with Gasteiger partial charge in [-0.05, 0) is 56.7 Å². The van der Waals surface area contributed by atoms with Gasteiger partial charge >= 0.3 is 5.97 Å². The first kappa shape index (κ1) is 24.4. The maximum absolute atomic E-state index is 13.5. The monoisotopic (exact) mass is 392 g/mol. The summed E-state index contributed by atoms with van der Waals surface area (Å²) >= 11 is 0. The van der Waals surface area contributed by atoms with Crippen LogP contribution in [-0.2, 0) is 0 Å². The van der Waals surface area contributed by atoms with Gasteiger partial charge in [0.1, 0.15) is 5.75 Å². The maximum Gasteiger partial charge on any atom is 0.343 e. The standard InChI is InChI=1S/C17H15F3O3.2CH3F/c1-9(2)22-13-6-4-11(8-10(13)3)17(21)23-14-7-5-12(18)15(19)16(14)20;2*1-2/h4-9H,1-3H3;2*1H3. The third-order valence-electron chi connectivity index (χ3n) is 2.98. The molecule has 0 bridgehead atoms. The van der Waals surface area contributed by atoms with E-state index in [4.69, 9.17) is 9.47 Å². The number of rotatable bonds is 4. The minimum atomic E-state index is -1.69. The van der Waals surface area contributed by atoms with Crippen LogP contribution in [0.15, 0.2) is 30.3 Å². The normalized spacial score (nSPS) is 9.59. The predicted octanol–water partition coefficient (Wildman–Crippen LogP) is 5.59. The highest BCUT2D eigenvalue weighted by molar-refractivity contribution is 5.91. The lowest BCUT2D eigenvalue weighted by Crippen LogP contribution is -2.12. The molecule has 0 atom stereocenters. The minimum Gasteiger partial charge on any atom is -0.491 e. The number of benzene rings is 2. The van der Waals surface area contributed by atoms with Crippen LogP contribution >= 0.6 is 0 Å². The predicted molar refractivity (Wildman–Crippen MR) is 92.3 cm³/mol. The summed E-state index contributed by atoms with van der Waals surface area (Å²) in [7, 11) is 1.00. The molecule has 2 aromatic rings. The van der Waals surface area contributed by atoms with Crippen LogP contribution in [0.3, 0.4) is 0 Å². The van der Waals surface area contributed by atoms with Gasteiger partial charge in [0.2, 0.25) is 5.82 Å². The van der Waals surface area contributed by atoms with Crippen LogP contribution in [0.2, 0.25) is 0 Å². The Morgan fingerprint density at radius 3 is 1.96 bits per heavy atom. The molecule has 27 heavy (non-hydrogen) atoms. The van der Waals surface area contributed by atoms with Gasteiger partial charge in [0, 0.05) is 0 Å². The van der Waals surface area contributed by atoms with Crippen molar-refractivity contribution in [1.29, 1.82) is 0 Å². The second kappa shape index (κ2) is 11.9. The van der Waals surface area contributed by atoms with Crippen molar-refractivity contribution in [3.8, 4) is 11.5 Å². The fourth-order valence-electron chi connectivity index (χ4n) is 1.91. The Labute approximate surface area is 154 Å². The molecule has 2 rings (SSSR count). The first-order chi connectivity index (χ1) is 12.8. The molecular formula is C19H21F5O3. The summed E-state index contributed by atoms with van der Waals surface area (Å²) in [5.41, 5.74) is 0.835. The molecule has 0 aromatic heterocycles. The zero-order valence-corrected chi connectivity index (χ0v) is 15.6. The summed E-state index contributed by atoms with van der Waals surface area (Å²) in [4.78, 5) is 12.0. The number of carbonyl (C=O) groups excluding carboxylic acids is 1. The molecule has 0 saturated carbocycles. The Hall–Kier alpha value is -2.64. The van der Waals surface area contributed by atoms with Gasteiger partial charge in [-0.1, -0.05) is 0 Å². The summed E-state index contributed by atoms with van der Waals surface area (Å²) < 4.78 is 68.8. The lowest BCUT2D eigenvalue weighted by molar-refractivity contribution is 0.0726. The number of ether oxygens (including phenoxy) is 2. The number of esters is 1. The van der Waals surface area contributed by atoms with Crippen LogP contribution in [0.25, 0.3) is 0 Å². The largest absolute Gasteiger partial charge is 0.491 e. The summed E-state index contributed by atoms with van der Waals surface area (Å²) in [5, 5.41) is 0. The van der Waals surface area contributed by atoms with Crippen LogP contribution in [0.5, 0.6) is 11.5 Å². The summed E-state index contributed by atoms with van der Waals surface area (Å²) in [6.45, 7) is 5.48. The average Bonchev–Trinajstić information content (AvgIpc) is 2.66. The summed E-state index contributed by atoms with van der Waals surface area (Å²) in [6, 6.07) is 6.09. The van der Waals surface area contributed by atoms with Gasteiger partial charge in [-0.15, -0.1) is 0 Å².